The van der Waals surface area contributed by atoms with E-state index < -0.39 is 29.0 Å². The fourth-order valence-electron chi connectivity index (χ4n) is 2.89. The molecule has 0 atom stereocenters. The summed E-state index contributed by atoms with van der Waals surface area (Å²) in [4.78, 5) is 12.5. The van der Waals surface area contributed by atoms with Crippen LogP contribution in [0.1, 0.15) is 5.56 Å². The number of hydrogen-bond acceptors (Lipinski definition) is 7. The van der Waals surface area contributed by atoms with Gasteiger partial charge < -0.3 is 10.1 Å². The van der Waals surface area contributed by atoms with Crippen LogP contribution >= 0.6 is 11.8 Å². The summed E-state index contributed by atoms with van der Waals surface area (Å²) in [5.41, 5.74) is 0.450. The Hall–Kier alpha value is -3.87. The molecule has 0 spiro atoms. The molecule has 2 heterocycles. The summed E-state index contributed by atoms with van der Waals surface area (Å²) in [6.07, 6.45) is 1.55. The number of benzene rings is 2. The highest BCUT2D eigenvalue weighted by Gasteiger charge is 2.19. The van der Waals surface area contributed by atoms with Crippen LogP contribution < -0.4 is 10.1 Å². The molecule has 13 heteroatoms. The predicted octanol–water partition coefficient (Wildman–Crippen LogP) is 3.06. The molecule has 4 rings (SSSR count). The van der Waals surface area contributed by atoms with E-state index >= 15 is 0 Å². The van der Waals surface area contributed by atoms with Crippen molar-refractivity contribution in [3.05, 3.63) is 71.7 Å². The topological polar surface area (TPSA) is 99.8 Å². The van der Waals surface area contributed by atoms with Gasteiger partial charge in [0, 0.05) is 18.2 Å². The third-order valence-electron chi connectivity index (χ3n) is 4.45. The molecule has 1 amide bonds. The molecule has 2 aromatic heterocycles. The van der Waals surface area contributed by atoms with E-state index in [1.165, 1.54) is 0 Å². The van der Waals surface area contributed by atoms with Crippen LogP contribution in [0.4, 0.5) is 19.0 Å². The van der Waals surface area contributed by atoms with Crippen LogP contribution in [-0.4, -0.2) is 48.8 Å². The molecule has 4 aromatic rings. The van der Waals surface area contributed by atoms with Crippen molar-refractivity contribution in [3.63, 3.8) is 0 Å². The highest BCUT2D eigenvalue weighted by molar-refractivity contribution is 7.99. The Kier molecular flexibility index (Phi) is 6.58. The number of anilines is 1. The van der Waals surface area contributed by atoms with Gasteiger partial charge in [0.15, 0.2) is 11.6 Å². The van der Waals surface area contributed by atoms with Crippen LogP contribution in [0.3, 0.4) is 0 Å². The lowest BCUT2D eigenvalue weighted by atomic mass is 10.2. The monoisotopic (exact) mass is 475 g/mol. The average Bonchev–Trinajstić information content (AvgIpc) is 3.45. The van der Waals surface area contributed by atoms with Crippen molar-refractivity contribution in [2.24, 2.45) is 0 Å². The highest BCUT2D eigenvalue weighted by atomic mass is 32.2. The molecular formula is C20H16F3N7O2S. The minimum atomic E-state index is -1.38. The minimum absolute atomic E-state index is 0.0132. The molecule has 0 aliphatic heterocycles. The number of ether oxygens (including phenoxy) is 1. The smallest absolute Gasteiger partial charge is 0.235 e. The van der Waals surface area contributed by atoms with Crippen LogP contribution in [0.5, 0.6) is 5.75 Å². The number of thioether (sulfide) groups is 1. The number of halogens is 3. The fraction of sp³-hybridized carbons (Fsp3) is 0.150. The molecule has 0 saturated heterocycles. The maximum absolute atomic E-state index is 14.1. The third-order valence-corrected chi connectivity index (χ3v) is 5.37. The molecule has 2 aromatic carbocycles. The Bertz CT molecular complexity index is 1280. The molecule has 0 unspecified atom stereocenters. The number of hydrogen-bond donors (Lipinski definition) is 1. The zero-order valence-electron chi connectivity index (χ0n) is 17.1. The van der Waals surface area contributed by atoms with E-state index in [1.807, 2.05) is 24.3 Å². The van der Waals surface area contributed by atoms with Gasteiger partial charge in [0.2, 0.25) is 11.1 Å². The first-order valence-electron chi connectivity index (χ1n) is 9.45. The number of carbonyl (C=O) groups is 1. The number of carbonyl (C=O) groups excluding carboxylic acids is 1. The Balaban J connectivity index is 1.41. The van der Waals surface area contributed by atoms with Gasteiger partial charge in [-0.25, -0.2) is 17.9 Å². The summed E-state index contributed by atoms with van der Waals surface area (Å²) >= 11 is 0.873. The summed E-state index contributed by atoms with van der Waals surface area (Å²) < 4.78 is 48.7. The maximum atomic E-state index is 14.1. The van der Waals surface area contributed by atoms with Crippen molar-refractivity contribution in [2.45, 2.75) is 11.7 Å². The first-order chi connectivity index (χ1) is 15.9. The second-order valence-corrected chi connectivity index (χ2v) is 7.60. The van der Waals surface area contributed by atoms with Crippen molar-refractivity contribution in [3.8, 4) is 11.4 Å². The van der Waals surface area contributed by atoms with Gasteiger partial charge in [-0.3, -0.25) is 4.79 Å². The van der Waals surface area contributed by atoms with Gasteiger partial charge in [-0.05, 0) is 28.1 Å². The largest absolute Gasteiger partial charge is 0.497 e. The molecule has 0 radical (unpaired) electrons. The molecule has 0 saturated carbocycles. The number of methoxy groups -OCH3 is 1. The number of nitrogens with zero attached hydrogens (tertiary/aromatic N) is 6. The van der Waals surface area contributed by atoms with Crippen LogP contribution in [0, 0.1) is 17.5 Å². The molecule has 0 fully saturated rings. The fourth-order valence-corrected chi connectivity index (χ4v) is 3.58. The SMILES string of the molecule is COc1ccc(Cn2nccc2NC(=O)CSc2nnnn2-c2cc(F)cc(F)c2F)cc1. The number of amides is 1. The van der Waals surface area contributed by atoms with E-state index in [4.69, 9.17) is 4.74 Å². The first kappa shape index (κ1) is 22.3. The molecular weight excluding hydrogens is 459 g/mol. The van der Waals surface area contributed by atoms with Gasteiger partial charge in [-0.1, -0.05) is 23.9 Å². The van der Waals surface area contributed by atoms with E-state index in [0.717, 1.165) is 33.8 Å². The lowest BCUT2D eigenvalue weighted by Gasteiger charge is -2.10. The third kappa shape index (κ3) is 5.14. The van der Waals surface area contributed by atoms with Crippen LogP contribution in [-0.2, 0) is 11.3 Å². The summed E-state index contributed by atoms with van der Waals surface area (Å²) in [6, 6.07) is 10.2. The van der Waals surface area contributed by atoms with E-state index in [0.29, 0.717) is 18.4 Å². The van der Waals surface area contributed by atoms with Crippen molar-refractivity contribution in [1.82, 2.24) is 30.0 Å². The standard InChI is InChI=1S/C20H16F3N7O2S/c1-32-14-4-2-12(3-5-14)10-29-17(6-7-24-29)25-18(31)11-33-20-26-27-28-30(20)16-9-13(21)8-15(22)19(16)23/h2-9H,10-11H2,1H3,(H,25,31). The zero-order valence-corrected chi connectivity index (χ0v) is 17.9. The van der Waals surface area contributed by atoms with Crippen LogP contribution in [0.2, 0.25) is 0 Å². The predicted molar refractivity (Wildman–Crippen MR) is 113 cm³/mol. The van der Waals surface area contributed by atoms with Crippen molar-refractivity contribution < 1.29 is 22.7 Å². The molecule has 1 N–H and O–H groups in total. The highest BCUT2D eigenvalue weighted by Crippen LogP contribution is 2.23. The quantitative estimate of drug-likeness (QED) is 0.309. The molecule has 0 bridgehead atoms. The average molecular weight is 475 g/mol. The van der Waals surface area contributed by atoms with E-state index in [9.17, 15) is 18.0 Å². The number of aromatic nitrogens is 6. The number of nitrogens with one attached hydrogen (secondary N) is 1. The molecule has 0 aliphatic carbocycles. The second-order valence-electron chi connectivity index (χ2n) is 6.65. The van der Waals surface area contributed by atoms with Crippen LogP contribution in [0.15, 0.2) is 53.8 Å². The molecule has 170 valence electrons. The minimum Gasteiger partial charge on any atom is -0.497 e. The van der Waals surface area contributed by atoms with Crippen LogP contribution in [0.25, 0.3) is 5.69 Å². The van der Waals surface area contributed by atoms with Gasteiger partial charge in [0.1, 0.15) is 23.1 Å². The normalized spacial score (nSPS) is 10.9. The summed E-state index contributed by atoms with van der Waals surface area (Å²) in [5.74, 6) is -3.03. The van der Waals surface area contributed by atoms with Gasteiger partial charge in [0.25, 0.3) is 0 Å². The lowest BCUT2D eigenvalue weighted by molar-refractivity contribution is -0.113. The van der Waals surface area contributed by atoms with Gasteiger partial charge in [-0.15, -0.1) is 5.10 Å². The molecule has 0 aliphatic rings. The number of rotatable bonds is 8. The Morgan fingerprint density at radius 1 is 1.15 bits per heavy atom. The maximum Gasteiger partial charge on any atom is 0.235 e. The lowest BCUT2D eigenvalue weighted by Crippen LogP contribution is -2.18. The van der Waals surface area contributed by atoms with Gasteiger partial charge in [-0.2, -0.15) is 9.78 Å². The molecule has 9 nitrogen and oxygen atoms in total. The summed E-state index contributed by atoms with van der Waals surface area (Å²) in [5, 5.41) is 17.6. The zero-order chi connectivity index (χ0) is 23.4. The van der Waals surface area contributed by atoms with Gasteiger partial charge in [0.05, 0.1) is 25.6 Å². The summed E-state index contributed by atoms with van der Waals surface area (Å²) in [7, 11) is 1.58. The van der Waals surface area contributed by atoms with E-state index in [-0.39, 0.29) is 10.9 Å². The van der Waals surface area contributed by atoms with E-state index in [2.05, 4.69) is 25.9 Å². The van der Waals surface area contributed by atoms with Crippen molar-refractivity contribution in [2.75, 3.05) is 18.2 Å². The van der Waals surface area contributed by atoms with Gasteiger partial charge >= 0.3 is 0 Å². The van der Waals surface area contributed by atoms with Crippen molar-refractivity contribution >= 4 is 23.5 Å². The summed E-state index contributed by atoms with van der Waals surface area (Å²) in [6.45, 7) is 0.419. The number of tetrazole rings is 1. The molecule has 33 heavy (non-hydrogen) atoms. The first-order valence-corrected chi connectivity index (χ1v) is 10.4. The van der Waals surface area contributed by atoms with E-state index in [1.54, 1.807) is 24.1 Å². The Morgan fingerprint density at radius 2 is 1.94 bits per heavy atom. The Labute approximate surface area is 189 Å². The Morgan fingerprint density at radius 3 is 2.70 bits per heavy atom. The second kappa shape index (κ2) is 9.73. The van der Waals surface area contributed by atoms with Crippen molar-refractivity contribution in [1.29, 1.82) is 0 Å².